The van der Waals surface area contributed by atoms with E-state index in [1.165, 1.54) is 32.5 Å². The molecule has 3 aromatic rings. The number of para-hydroxylation sites is 1. The third-order valence-corrected chi connectivity index (χ3v) is 5.29. The lowest BCUT2D eigenvalue weighted by molar-refractivity contribution is 0.236. The number of fused-ring (bicyclic) bond motifs is 1. The van der Waals surface area contributed by atoms with Crippen LogP contribution in [-0.4, -0.2) is 54.1 Å². The largest absolute Gasteiger partial charge is 0.369 e. The normalized spacial score (nSPS) is 15.0. The minimum absolute atomic E-state index is 0.778. The SMILES string of the molecule is c1ccc(-c2nc(NCCCCCN3CCNCC3)c3ccccc3n2)cc1. The Bertz CT molecular complexity index is 875. The van der Waals surface area contributed by atoms with Crippen molar-refractivity contribution in [3.05, 3.63) is 54.6 Å². The van der Waals surface area contributed by atoms with Gasteiger partial charge >= 0.3 is 0 Å². The van der Waals surface area contributed by atoms with Gasteiger partial charge in [0.15, 0.2) is 5.82 Å². The quantitative estimate of drug-likeness (QED) is 0.587. The van der Waals surface area contributed by atoms with Crippen LogP contribution in [0.5, 0.6) is 0 Å². The number of anilines is 1. The van der Waals surface area contributed by atoms with Crippen molar-refractivity contribution < 1.29 is 0 Å². The topological polar surface area (TPSA) is 53.1 Å². The van der Waals surface area contributed by atoms with Gasteiger partial charge < -0.3 is 15.5 Å². The minimum atomic E-state index is 0.778. The molecule has 0 saturated carbocycles. The average Bonchev–Trinajstić information content (AvgIpc) is 2.77. The zero-order valence-electron chi connectivity index (χ0n) is 16.4. The maximum atomic E-state index is 4.82. The monoisotopic (exact) mass is 375 g/mol. The fourth-order valence-corrected chi connectivity index (χ4v) is 3.71. The van der Waals surface area contributed by atoms with Crippen LogP contribution in [0, 0.1) is 0 Å². The van der Waals surface area contributed by atoms with Gasteiger partial charge in [0.1, 0.15) is 5.82 Å². The van der Waals surface area contributed by atoms with E-state index in [9.17, 15) is 0 Å². The van der Waals surface area contributed by atoms with Crippen LogP contribution in [0.15, 0.2) is 54.6 Å². The highest BCUT2D eigenvalue weighted by atomic mass is 15.2. The molecule has 0 atom stereocenters. The van der Waals surface area contributed by atoms with Crippen LogP contribution in [0.25, 0.3) is 22.3 Å². The fourth-order valence-electron chi connectivity index (χ4n) is 3.71. The van der Waals surface area contributed by atoms with Gasteiger partial charge in [-0.1, -0.05) is 48.9 Å². The summed E-state index contributed by atoms with van der Waals surface area (Å²) in [6, 6.07) is 18.4. The number of piperazine rings is 1. The van der Waals surface area contributed by atoms with E-state index >= 15 is 0 Å². The lowest BCUT2D eigenvalue weighted by Gasteiger charge is -2.27. The number of hydrogen-bond acceptors (Lipinski definition) is 5. The molecule has 2 N–H and O–H groups in total. The Kier molecular flexibility index (Phi) is 6.48. The van der Waals surface area contributed by atoms with E-state index in [1.54, 1.807) is 0 Å². The summed E-state index contributed by atoms with van der Waals surface area (Å²) in [7, 11) is 0. The molecule has 0 spiro atoms. The summed E-state index contributed by atoms with van der Waals surface area (Å²) in [6.07, 6.45) is 3.66. The Labute approximate surface area is 167 Å². The number of nitrogens with zero attached hydrogens (tertiary/aromatic N) is 3. The molecular weight excluding hydrogens is 346 g/mol. The molecule has 1 aromatic heterocycles. The Morgan fingerprint density at radius 2 is 1.64 bits per heavy atom. The molecule has 28 heavy (non-hydrogen) atoms. The van der Waals surface area contributed by atoms with E-state index in [-0.39, 0.29) is 0 Å². The molecule has 0 amide bonds. The van der Waals surface area contributed by atoms with Crippen LogP contribution in [-0.2, 0) is 0 Å². The first kappa shape index (κ1) is 18.8. The van der Waals surface area contributed by atoms with Crippen molar-refractivity contribution in [2.45, 2.75) is 19.3 Å². The summed E-state index contributed by atoms with van der Waals surface area (Å²) >= 11 is 0. The van der Waals surface area contributed by atoms with Gasteiger partial charge in [-0.15, -0.1) is 0 Å². The van der Waals surface area contributed by atoms with Crippen molar-refractivity contribution in [2.24, 2.45) is 0 Å². The second kappa shape index (κ2) is 9.62. The average molecular weight is 376 g/mol. The van der Waals surface area contributed by atoms with E-state index in [4.69, 9.17) is 9.97 Å². The molecular formula is C23H29N5. The van der Waals surface area contributed by atoms with Crippen LogP contribution in [0.4, 0.5) is 5.82 Å². The summed E-state index contributed by atoms with van der Waals surface area (Å²) < 4.78 is 0. The van der Waals surface area contributed by atoms with E-state index in [0.717, 1.165) is 54.2 Å². The maximum absolute atomic E-state index is 4.82. The van der Waals surface area contributed by atoms with Crippen molar-refractivity contribution in [1.82, 2.24) is 20.2 Å². The minimum Gasteiger partial charge on any atom is -0.369 e. The zero-order valence-corrected chi connectivity index (χ0v) is 16.4. The lowest BCUT2D eigenvalue weighted by Crippen LogP contribution is -2.43. The summed E-state index contributed by atoms with van der Waals surface area (Å²) in [6.45, 7) is 6.80. The number of aromatic nitrogens is 2. The van der Waals surface area contributed by atoms with Crippen molar-refractivity contribution in [1.29, 1.82) is 0 Å². The van der Waals surface area contributed by atoms with Gasteiger partial charge in [0.2, 0.25) is 0 Å². The van der Waals surface area contributed by atoms with Gasteiger partial charge in [-0.2, -0.15) is 0 Å². The van der Waals surface area contributed by atoms with Crippen LogP contribution in [0.2, 0.25) is 0 Å². The van der Waals surface area contributed by atoms with E-state index in [1.807, 2.05) is 30.3 Å². The number of benzene rings is 2. The van der Waals surface area contributed by atoms with Crippen LogP contribution in [0.3, 0.4) is 0 Å². The lowest BCUT2D eigenvalue weighted by atomic mass is 10.1. The molecule has 0 aliphatic carbocycles. The van der Waals surface area contributed by atoms with Gasteiger partial charge in [-0.05, 0) is 31.5 Å². The highest BCUT2D eigenvalue weighted by Gasteiger charge is 2.10. The standard InChI is InChI=1S/C23H29N5/c1-3-9-19(10-4-1)22-26-21-12-6-5-11-20(21)23(27-22)25-13-7-2-8-16-28-17-14-24-15-18-28/h1,3-6,9-12,24H,2,7-8,13-18H2,(H,25,26,27). The summed E-state index contributed by atoms with van der Waals surface area (Å²) in [5.41, 5.74) is 2.03. The molecule has 1 aliphatic rings. The Balaban J connectivity index is 1.36. The third-order valence-electron chi connectivity index (χ3n) is 5.29. The highest BCUT2D eigenvalue weighted by Crippen LogP contribution is 2.24. The summed E-state index contributed by atoms with van der Waals surface area (Å²) in [5.74, 6) is 1.71. The van der Waals surface area contributed by atoms with Crippen molar-refractivity contribution >= 4 is 16.7 Å². The molecule has 1 aliphatic heterocycles. The molecule has 2 aromatic carbocycles. The third kappa shape index (κ3) is 4.86. The number of rotatable bonds is 8. The Hall–Kier alpha value is -2.50. The Morgan fingerprint density at radius 1 is 0.857 bits per heavy atom. The smallest absolute Gasteiger partial charge is 0.162 e. The summed E-state index contributed by atoms with van der Waals surface area (Å²) in [4.78, 5) is 12.1. The maximum Gasteiger partial charge on any atom is 0.162 e. The molecule has 0 bridgehead atoms. The highest BCUT2D eigenvalue weighted by molar-refractivity contribution is 5.90. The van der Waals surface area contributed by atoms with Crippen molar-refractivity contribution in [2.75, 3.05) is 44.6 Å². The Morgan fingerprint density at radius 3 is 2.50 bits per heavy atom. The molecule has 5 heteroatoms. The molecule has 2 heterocycles. The predicted octanol–water partition coefficient (Wildman–Crippen LogP) is 3.78. The van der Waals surface area contributed by atoms with Gasteiger partial charge in [0, 0.05) is 43.7 Å². The molecule has 1 saturated heterocycles. The van der Waals surface area contributed by atoms with E-state index < -0.39 is 0 Å². The molecule has 1 fully saturated rings. The molecule has 146 valence electrons. The fraction of sp³-hybridized carbons (Fsp3) is 0.391. The van der Waals surface area contributed by atoms with Gasteiger partial charge in [0.05, 0.1) is 5.52 Å². The van der Waals surface area contributed by atoms with Crippen molar-refractivity contribution in [3.8, 4) is 11.4 Å². The number of unbranched alkanes of at least 4 members (excludes halogenated alkanes) is 2. The molecule has 0 radical (unpaired) electrons. The second-order valence-electron chi connectivity index (χ2n) is 7.36. The number of nitrogens with one attached hydrogen (secondary N) is 2. The molecule has 0 unspecified atom stereocenters. The van der Waals surface area contributed by atoms with Gasteiger partial charge in [0.25, 0.3) is 0 Å². The van der Waals surface area contributed by atoms with Crippen LogP contribution >= 0.6 is 0 Å². The second-order valence-corrected chi connectivity index (χ2v) is 7.36. The van der Waals surface area contributed by atoms with Gasteiger partial charge in [-0.25, -0.2) is 9.97 Å². The first-order chi connectivity index (χ1) is 13.9. The van der Waals surface area contributed by atoms with Crippen LogP contribution < -0.4 is 10.6 Å². The zero-order chi connectivity index (χ0) is 19.0. The van der Waals surface area contributed by atoms with Crippen molar-refractivity contribution in [3.63, 3.8) is 0 Å². The first-order valence-electron chi connectivity index (χ1n) is 10.4. The number of hydrogen-bond donors (Lipinski definition) is 2. The van der Waals surface area contributed by atoms with Crippen LogP contribution in [0.1, 0.15) is 19.3 Å². The predicted molar refractivity (Wildman–Crippen MR) is 117 cm³/mol. The summed E-state index contributed by atoms with van der Waals surface area (Å²) in [5, 5.41) is 8.06. The molecule has 5 nitrogen and oxygen atoms in total. The van der Waals surface area contributed by atoms with E-state index in [0.29, 0.717) is 0 Å². The first-order valence-corrected chi connectivity index (χ1v) is 10.4. The van der Waals surface area contributed by atoms with Gasteiger partial charge in [-0.3, -0.25) is 0 Å². The van der Waals surface area contributed by atoms with E-state index in [2.05, 4.69) is 39.8 Å². The molecule has 4 rings (SSSR count).